The van der Waals surface area contributed by atoms with Gasteiger partial charge in [-0.2, -0.15) is 0 Å². The molecule has 2 nitrogen and oxygen atoms in total. The van der Waals surface area contributed by atoms with Crippen molar-refractivity contribution in [3.63, 3.8) is 0 Å². The summed E-state index contributed by atoms with van der Waals surface area (Å²) in [5.41, 5.74) is 0.298. The zero-order valence-electron chi connectivity index (χ0n) is 8.47. The van der Waals surface area contributed by atoms with Crippen LogP contribution >= 0.6 is 34.8 Å². The van der Waals surface area contributed by atoms with Crippen LogP contribution in [0, 0.1) is 0 Å². The Morgan fingerprint density at radius 1 is 1.44 bits per heavy atom. The molecule has 0 saturated heterocycles. The van der Waals surface area contributed by atoms with Crippen molar-refractivity contribution >= 4 is 40.6 Å². The molecule has 0 spiro atoms. The highest BCUT2D eigenvalue weighted by Gasteiger charge is 2.14. The molecule has 1 aromatic carbocycles. The Morgan fingerprint density at radius 3 is 2.69 bits per heavy atom. The van der Waals surface area contributed by atoms with E-state index in [2.05, 4.69) is 0 Å². The minimum atomic E-state index is -0.392. The number of benzene rings is 1. The smallest absolute Gasteiger partial charge is 0.208 e. The third-order valence-corrected chi connectivity index (χ3v) is 2.55. The zero-order valence-corrected chi connectivity index (χ0v) is 10.7. The topological polar surface area (TPSA) is 26.3 Å². The number of hydrogen-bond donors (Lipinski definition) is 0. The number of Topliss-reactive ketones (excluding diaryl/α,β-unsaturated/α-hetero) is 1. The molecule has 0 unspecified atom stereocenters. The van der Waals surface area contributed by atoms with Crippen molar-refractivity contribution in [2.24, 2.45) is 0 Å². The van der Waals surface area contributed by atoms with Crippen LogP contribution in [-0.4, -0.2) is 12.4 Å². The number of rotatable bonds is 4. The van der Waals surface area contributed by atoms with Gasteiger partial charge < -0.3 is 4.74 Å². The number of hydrogen-bond acceptors (Lipinski definition) is 2. The lowest BCUT2D eigenvalue weighted by atomic mass is 10.1. The minimum absolute atomic E-state index is 0.0222. The zero-order chi connectivity index (χ0) is 12.1. The number of allylic oxidation sites excluding steroid dienone is 1. The van der Waals surface area contributed by atoms with Crippen molar-refractivity contribution in [3.8, 4) is 0 Å². The van der Waals surface area contributed by atoms with Gasteiger partial charge in [-0.3, -0.25) is 4.79 Å². The van der Waals surface area contributed by atoms with Gasteiger partial charge in [0.25, 0.3) is 0 Å². The highest BCUT2D eigenvalue weighted by molar-refractivity contribution is 6.47. The Morgan fingerprint density at radius 2 is 2.12 bits per heavy atom. The van der Waals surface area contributed by atoms with E-state index >= 15 is 0 Å². The summed E-state index contributed by atoms with van der Waals surface area (Å²) in [6, 6.07) is 4.59. The standard InChI is InChI=1S/C11H9Cl3O2/c1-2-16-6-10(14)11(15)8-4-3-7(12)5-9(8)13/h3-6H,2H2,1H3. The number of carbonyl (C=O) groups is 1. The molecule has 0 aliphatic heterocycles. The first-order valence-electron chi connectivity index (χ1n) is 4.53. The van der Waals surface area contributed by atoms with Crippen LogP contribution in [0.1, 0.15) is 17.3 Å². The van der Waals surface area contributed by atoms with Crippen LogP contribution in [0.25, 0.3) is 0 Å². The summed E-state index contributed by atoms with van der Waals surface area (Å²) < 4.78 is 4.92. The van der Waals surface area contributed by atoms with Gasteiger partial charge >= 0.3 is 0 Å². The first-order chi connectivity index (χ1) is 7.56. The third kappa shape index (κ3) is 3.41. The van der Waals surface area contributed by atoms with Crippen molar-refractivity contribution in [3.05, 3.63) is 45.1 Å². The van der Waals surface area contributed by atoms with Crippen molar-refractivity contribution < 1.29 is 9.53 Å². The Kier molecular flexibility index (Phi) is 5.13. The van der Waals surface area contributed by atoms with Gasteiger partial charge in [0.05, 0.1) is 11.6 Å². The van der Waals surface area contributed by atoms with Gasteiger partial charge in [0.1, 0.15) is 11.3 Å². The SMILES string of the molecule is CCOC=C(Cl)C(=O)c1ccc(Cl)cc1Cl. The van der Waals surface area contributed by atoms with Crippen LogP contribution in [0.3, 0.4) is 0 Å². The fourth-order valence-electron chi connectivity index (χ4n) is 1.01. The van der Waals surface area contributed by atoms with Crippen LogP contribution in [0.15, 0.2) is 29.5 Å². The quantitative estimate of drug-likeness (QED) is 0.467. The molecule has 5 heteroatoms. The fraction of sp³-hybridized carbons (Fsp3) is 0.182. The van der Waals surface area contributed by atoms with E-state index < -0.39 is 5.78 Å². The van der Waals surface area contributed by atoms with Crippen molar-refractivity contribution in [2.75, 3.05) is 6.61 Å². The summed E-state index contributed by atoms with van der Waals surface area (Å²) in [5, 5.41) is 0.707. The number of halogens is 3. The molecule has 1 aromatic rings. The maximum absolute atomic E-state index is 11.8. The third-order valence-electron chi connectivity index (χ3n) is 1.75. The highest BCUT2D eigenvalue weighted by Crippen LogP contribution is 2.24. The Labute approximate surface area is 109 Å². The molecule has 0 aliphatic carbocycles. The highest BCUT2D eigenvalue weighted by atomic mass is 35.5. The molecule has 0 aliphatic rings. The molecule has 0 heterocycles. The van der Waals surface area contributed by atoms with E-state index in [0.29, 0.717) is 17.2 Å². The van der Waals surface area contributed by atoms with E-state index in [4.69, 9.17) is 39.5 Å². The number of ether oxygens (including phenoxy) is 1. The first kappa shape index (κ1) is 13.4. The molecule has 0 amide bonds. The molecule has 0 atom stereocenters. The van der Waals surface area contributed by atoms with E-state index in [1.165, 1.54) is 18.4 Å². The van der Waals surface area contributed by atoms with E-state index in [9.17, 15) is 4.79 Å². The summed E-state index contributed by atoms with van der Waals surface area (Å²) in [4.78, 5) is 11.8. The number of carbonyl (C=O) groups excluding carboxylic acids is 1. The summed E-state index contributed by atoms with van der Waals surface area (Å²) >= 11 is 17.3. The summed E-state index contributed by atoms with van der Waals surface area (Å²) in [7, 11) is 0. The molecule has 0 fully saturated rings. The largest absolute Gasteiger partial charge is 0.500 e. The maximum atomic E-state index is 11.8. The fourth-order valence-corrected chi connectivity index (χ4v) is 1.67. The van der Waals surface area contributed by atoms with Gasteiger partial charge in [0.2, 0.25) is 5.78 Å². The normalized spacial score (nSPS) is 11.4. The molecular formula is C11H9Cl3O2. The second kappa shape index (κ2) is 6.14. The van der Waals surface area contributed by atoms with Crippen LogP contribution in [0.2, 0.25) is 10.0 Å². The van der Waals surface area contributed by atoms with Crippen molar-refractivity contribution in [2.45, 2.75) is 6.92 Å². The molecule has 0 aromatic heterocycles. The first-order valence-corrected chi connectivity index (χ1v) is 5.66. The van der Waals surface area contributed by atoms with E-state index in [1.54, 1.807) is 13.0 Å². The molecule has 86 valence electrons. The second-order valence-electron chi connectivity index (χ2n) is 2.87. The Bertz CT molecular complexity index is 427. The van der Waals surface area contributed by atoms with E-state index in [1.807, 2.05) is 0 Å². The van der Waals surface area contributed by atoms with Crippen molar-refractivity contribution in [1.29, 1.82) is 0 Å². The molecule has 0 bridgehead atoms. The van der Waals surface area contributed by atoms with Gasteiger partial charge in [0, 0.05) is 10.6 Å². The van der Waals surface area contributed by atoms with Gasteiger partial charge in [-0.1, -0.05) is 34.8 Å². The lowest BCUT2D eigenvalue weighted by Gasteiger charge is -2.03. The Balaban J connectivity index is 2.96. The van der Waals surface area contributed by atoms with Crippen LogP contribution in [0.4, 0.5) is 0 Å². The van der Waals surface area contributed by atoms with Gasteiger partial charge in [-0.05, 0) is 25.1 Å². The predicted octanol–water partition coefficient (Wildman–Crippen LogP) is 4.29. The lowest BCUT2D eigenvalue weighted by molar-refractivity contribution is 0.103. The molecule has 0 N–H and O–H groups in total. The molecular weight excluding hydrogens is 270 g/mol. The second-order valence-corrected chi connectivity index (χ2v) is 4.13. The average molecular weight is 280 g/mol. The molecule has 16 heavy (non-hydrogen) atoms. The summed E-state index contributed by atoms with van der Waals surface area (Å²) in [6.45, 7) is 2.23. The Hall–Kier alpha value is -0.700. The van der Waals surface area contributed by atoms with Gasteiger partial charge in [-0.25, -0.2) is 0 Å². The molecule has 1 rings (SSSR count). The van der Waals surface area contributed by atoms with Crippen LogP contribution < -0.4 is 0 Å². The lowest BCUT2D eigenvalue weighted by Crippen LogP contribution is -2.00. The maximum Gasteiger partial charge on any atom is 0.208 e. The van der Waals surface area contributed by atoms with E-state index in [0.717, 1.165) is 0 Å². The monoisotopic (exact) mass is 278 g/mol. The van der Waals surface area contributed by atoms with Gasteiger partial charge in [0.15, 0.2) is 0 Å². The van der Waals surface area contributed by atoms with E-state index in [-0.39, 0.29) is 10.1 Å². The number of ketones is 1. The van der Waals surface area contributed by atoms with Gasteiger partial charge in [-0.15, -0.1) is 0 Å². The van der Waals surface area contributed by atoms with Crippen LogP contribution in [0.5, 0.6) is 0 Å². The molecule has 0 radical (unpaired) electrons. The minimum Gasteiger partial charge on any atom is -0.500 e. The summed E-state index contributed by atoms with van der Waals surface area (Å²) in [6.07, 6.45) is 1.20. The predicted molar refractivity (Wildman–Crippen MR) is 66.4 cm³/mol. The van der Waals surface area contributed by atoms with Crippen LogP contribution in [-0.2, 0) is 4.74 Å². The molecule has 0 saturated carbocycles. The summed E-state index contributed by atoms with van der Waals surface area (Å²) in [5.74, 6) is -0.392. The van der Waals surface area contributed by atoms with Crippen molar-refractivity contribution in [1.82, 2.24) is 0 Å². The average Bonchev–Trinajstić information content (AvgIpc) is 2.25.